The van der Waals surface area contributed by atoms with Crippen LogP contribution in [0.5, 0.6) is 0 Å². The van der Waals surface area contributed by atoms with E-state index in [-0.39, 0.29) is 5.41 Å². The standard InChI is InChI=1S/C73H52N4/c1-73(2)63-46-55(74(49-19-7-3-8-20-49)53-35-41-68-61(44-53)56-27-15-17-29-65(56)76(68)51-23-11-5-12-24-51)34-39-58(63)72-60-38-31-47-33-40-67(59-37-32-48(43-64(72)73)71(60)70(47)59)75(50-21-9-4-10-22-50)54-36-42-69-62(45-54)57-28-16-18-30-66(57)77(69)52-25-13-6-14-26-52/h3-16,18-28,30-46H,17,29H2,1-2H3. The van der Waals surface area contributed by atoms with Crippen LogP contribution in [0.15, 0.2) is 249 Å². The molecule has 2 aliphatic rings. The number of nitrogens with zero attached hydrogens (tertiary/aromatic N) is 4. The smallest absolute Gasteiger partial charge is 0.0542 e. The van der Waals surface area contributed by atoms with Gasteiger partial charge in [-0.1, -0.05) is 153 Å². The van der Waals surface area contributed by atoms with Crippen LogP contribution < -0.4 is 9.80 Å². The second-order valence-electron chi connectivity index (χ2n) is 21.6. The summed E-state index contributed by atoms with van der Waals surface area (Å²) in [6, 6.07) is 90.2. The van der Waals surface area contributed by atoms with Crippen LogP contribution in [0.25, 0.3) is 93.6 Å². The maximum Gasteiger partial charge on any atom is 0.0542 e. The molecule has 2 aromatic heterocycles. The van der Waals surface area contributed by atoms with Crippen molar-refractivity contribution in [1.82, 2.24) is 9.13 Å². The number of aromatic nitrogens is 2. The van der Waals surface area contributed by atoms with E-state index in [1.807, 2.05) is 0 Å². The van der Waals surface area contributed by atoms with E-state index in [1.54, 1.807) is 0 Å². The summed E-state index contributed by atoms with van der Waals surface area (Å²) in [6.07, 6.45) is 6.74. The monoisotopic (exact) mass is 984 g/mol. The molecule has 0 bridgehead atoms. The van der Waals surface area contributed by atoms with Gasteiger partial charge in [-0.25, -0.2) is 0 Å². The molecule has 0 aliphatic heterocycles. The summed E-state index contributed by atoms with van der Waals surface area (Å²) in [6.45, 7) is 4.85. The van der Waals surface area contributed by atoms with Crippen molar-refractivity contribution in [1.29, 1.82) is 0 Å². The minimum Gasteiger partial charge on any atom is -0.313 e. The molecular formula is C73H52N4. The fraction of sp³-hybridized carbons (Fsp3) is 0.0685. The number of benzene rings is 12. The first-order valence-corrected chi connectivity index (χ1v) is 27.1. The zero-order valence-corrected chi connectivity index (χ0v) is 43.0. The molecule has 0 N–H and O–H groups in total. The second-order valence-corrected chi connectivity index (χ2v) is 21.6. The summed E-state index contributed by atoms with van der Waals surface area (Å²) in [5.41, 5.74) is 20.6. The van der Waals surface area contributed by atoms with Gasteiger partial charge < -0.3 is 18.9 Å². The highest BCUT2D eigenvalue weighted by Gasteiger charge is 2.38. The van der Waals surface area contributed by atoms with Crippen molar-refractivity contribution in [2.24, 2.45) is 0 Å². The normalized spacial score (nSPS) is 13.5. The zero-order valence-electron chi connectivity index (χ0n) is 43.0. The molecule has 0 saturated carbocycles. The molecule has 4 heteroatoms. The Labute approximate surface area is 447 Å². The van der Waals surface area contributed by atoms with E-state index < -0.39 is 0 Å². The minimum atomic E-state index is -0.258. The van der Waals surface area contributed by atoms with Crippen molar-refractivity contribution in [2.45, 2.75) is 32.1 Å². The Morgan fingerprint density at radius 1 is 0.390 bits per heavy atom. The van der Waals surface area contributed by atoms with Crippen molar-refractivity contribution in [3.63, 3.8) is 0 Å². The molecule has 0 amide bonds. The number of hydrogen-bond acceptors (Lipinski definition) is 2. The highest BCUT2D eigenvalue weighted by Crippen LogP contribution is 2.56. The van der Waals surface area contributed by atoms with Gasteiger partial charge in [0.25, 0.3) is 0 Å². The van der Waals surface area contributed by atoms with E-state index in [0.29, 0.717) is 0 Å². The molecule has 77 heavy (non-hydrogen) atoms. The van der Waals surface area contributed by atoms with Gasteiger partial charge in [0.05, 0.1) is 22.2 Å². The summed E-state index contributed by atoms with van der Waals surface area (Å²) in [5, 5.41) is 11.4. The van der Waals surface area contributed by atoms with Gasteiger partial charge in [0.2, 0.25) is 0 Å². The SMILES string of the molecule is CC1(C)c2cc(N(c3ccccc3)c3ccc4c(c3)c3c(n4-c4ccccc4)CCC=C3)ccc2-c2c1cc1ccc3c(N(c4ccccc4)c4ccc5c(c4)c4ccccc4n5-c4ccccc4)ccc4ccc2c1c43. The Bertz CT molecular complexity index is 4700. The minimum absolute atomic E-state index is 0.258. The average Bonchev–Trinajstić information content (AvgIpc) is 4.13. The molecule has 0 spiro atoms. The zero-order chi connectivity index (χ0) is 50.9. The fourth-order valence-electron chi connectivity index (χ4n) is 13.6. The van der Waals surface area contributed by atoms with Crippen molar-refractivity contribution < 1.29 is 0 Å². The molecule has 12 aromatic carbocycles. The lowest BCUT2D eigenvalue weighted by atomic mass is 9.80. The van der Waals surface area contributed by atoms with Gasteiger partial charge in [-0.15, -0.1) is 0 Å². The van der Waals surface area contributed by atoms with E-state index in [2.05, 4.69) is 288 Å². The summed E-state index contributed by atoms with van der Waals surface area (Å²) in [7, 11) is 0. The van der Waals surface area contributed by atoms with Crippen LogP contribution in [-0.4, -0.2) is 9.13 Å². The molecule has 0 saturated heterocycles. The van der Waals surface area contributed by atoms with Crippen molar-refractivity contribution in [3.05, 3.63) is 271 Å². The Hall–Kier alpha value is -9.64. The third-order valence-electron chi connectivity index (χ3n) is 17.0. The van der Waals surface area contributed by atoms with Gasteiger partial charge in [0.15, 0.2) is 0 Å². The summed E-state index contributed by atoms with van der Waals surface area (Å²) in [5.74, 6) is 0. The lowest BCUT2D eigenvalue weighted by molar-refractivity contribution is 0.661. The average molecular weight is 985 g/mol. The van der Waals surface area contributed by atoms with Crippen molar-refractivity contribution in [2.75, 3.05) is 9.80 Å². The number of para-hydroxylation sites is 5. The van der Waals surface area contributed by atoms with Crippen LogP contribution in [0.3, 0.4) is 0 Å². The molecule has 364 valence electrons. The van der Waals surface area contributed by atoms with E-state index >= 15 is 0 Å². The highest BCUT2D eigenvalue weighted by atomic mass is 15.2. The first-order chi connectivity index (χ1) is 38.0. The van der Waals surface area contributed by atoms with Gasteiger partial charge in [0.1, 0.15) is 0 Å². The van der Waals surface area contributed by atoms with E-state index in [1.165, 1.54) is 104 Å². The molecule has 4 nitrogen and oxygen atoms in total. The Kier molecular flexibility index (Phi) is 9.47. The Morgan fingerprint density at radius 3 is 1.70 bits per heavy atom. The van der Waals surface area contributed by atoms with Gasteiger partial charge in [-0.3, -0.25) is 0 Å². The maximum absolute atomic E-state index is 2.51. The number of fused-ring (bicyclic) bond motifs is 10. The van der Waals surface area contributed by atoms with Crippen LogP contribution in [0, 0.1) is 0 Å². The van der Waals surface area contributed by atoms with Crippen LogP contribution in [0.4, 0.5) is 34.1 Å². The first kappa shape index (κ1) is 43.7. The summed E-state index contributed by atoms with van der Waals surface area (Å²) < 4.78 is 4.87. The molecule has 0 unspecified atom stereocenters. The molecular weight excluding hydrogens is 933 g/mol. The molecule has 2 heterocycles. The number of anilines is 6. The van der Waals surface area contributed by atoms with Crippen molar-refractivity contribution in [3.8, 4) is 22.5 Å². The van der Waals surface area contributed by atoms with Gasteiger partial charge >= 0.3 is 0 Å². The Balaban J connectivity index is 0.856. The van der Waals surface area contributed by atoms with E-state index in [9.17, 15) is 0 Å². The molecule has 2 aliphatic carbocycles. The molecule has 14 aromatic rings. The highest BCUT2D eigenvalue weighted by molar-refractivity contribution is 6.29. The number of hydrogen-bond donors (Lipinski definition) is 0. The van der Waals surface area contributed by atoms with E-state index in [4.69, 9.17) is 0 Å². The molecule has 16 rings (SSSR count). The third kappa shape index (κ3) is 6.45. The van der Waals surface area contributed by atoms with E-state index in [0.717, 1.165) is 52.7 Å². The molecule has 0 radical (unpaired) electrons. The van der Waals surface area contributed by atoms with Crippen LogP contribution >= 0.6 is 0 Å². The largest absolute Gasteiger partial charge is 0.313 e. The lowest BCUT2D eigenvalue weighted by Crippen LogP contribution is -2.16. The fourth-order valence-corrected chi connectivity index (χ4v) is 13.6. The summed E-state index contributed by atoms with van der Waals surface area (Å²) in [4.78, 5) is 4.92. The quantitative estimate of drug-likeness (QED) is 0.141. The van der Waals surface area contributed by atoms with Gasteiger partial charge in [-0.05, 0) is 177 Å². The predicted octanol–water partition coefficient (Wildman–Crippen LogP) is 19.8. The van der Waals surface area contributed by atoms with Crippen LogP contribution in [-0.2, 0) is 11.8 Å². The van der Waals surface area contributed by atoms with Crippen LogP contribution in [0.2, 0.25) is 0 Å². The van der Waals surface area contributed by atoms with Crippen molar-refractivity contribution >= 4 is 105 Å². The van der Waals surface area contributed by atoms with Gasteiger partial charge in [0, 0.05) is 78.0 Å². The van der Waals surface area contributed by atoms with Crippen LogP contribution in [0.1, 0.15) is 42.7 Å². The number of rotatable bonds is 8. The number of allylic oxidation sites excluding steroid dienone is 1. The third-order valence-corrected chi connectivity index (χ3v) is 17.0. The molecule has 0 fully saturated rings. The summed E-state index contributed by atoms with van der Waals surface area (Å²) >= 11 is 0. The Morgan fingerprint density at radius 2 is 0.948 bits per heavy atom. The lowest BCUT2D eigenvalue weighted by Gasteiger charge is -2.28. The second kappa shape index (κ2) is 16.7. The maximum atomic E-state index is 2.51. The first-order valence-electron chi connectivity index (χ1n) is 27.1. The van der Waals surface area contributed by atoms with Gasteiger partial charge in [-0.2, -0.15) is 0 Å². The topological polar surface area (TPSA) is 16.3 Å². The molecule has 0 atom stereocenters. The predicted molar refractivity (Wildman–Crippen MR) is 326 cm³/mol.